The molecule has 0 aliphatic carbocycles. The van der Waals surface area contributed by atoms with Gasteiger partial charge in [0.05, 0.1) is 6.67 Å². The lowest BCUT2D eigenvalue weighted by molar-refractivity contribution is 0.144. The van der Waals surface area contributed by atoms with E-state index in [4.69, 9.17) is 12.2 Å². The number of nitrogens with zero attached hydrogens (tertiary/aromatic N) is 3. The minimum absolute atomic E-state index is 0.410. The van der Waals surface area contributed by atoms with Crippen LogP contribution in [0, 0.1) is 11.7 Å². The Morgan fingerprint density at radius 2 is 2.08 bits per heavy atom. The number of benzene rings is 1. The van der Waals surface area contributed by atoms with Crippen LogP contribution in [0.3, 0.4) is 0 Å². The second-order valence-electron chi connectivity index (χ2n) is 6.33. The fourth-order valence-corrected chi connectivity index (χ4v) is 4.39. The van der Waals surface area contributed by atoms with Crippen molar-refractivity contribution < 1.29 is 0 Å². The van der Waals surface area contributed by atoms with E-state index in [9.17, 15) is 0 Å². The second-order valence-corrected chi connectivity index (χ2v) is 7.69. The maximum Gasteiger partial charge on any atom is 0.217 e. The summed E-state index contributed by atoms with van der Waals surface area (Å²) in [6, 6.07) is 11.0. The summed E-state index contributed by atoms with van der Waals surface area (Å²) in [6.45, 7) is 6.15. The van der Waals surface area contributed by atoms with Gasteiger partial charge in [0.2, 0.25) is 4.77 Å². The van der Waals surface area contributed by atoms with Gasteiger partial charge in [-0.2, -0.15) is 4.98 Å². The summed E-state index contributed by atoms with van der Waals surface area (Å²) in [6.07, 6.45) is 1.11. The van der Waals surface area contributed by atoms with Gasteiger partial charge in [0.15, 0.2) is 5.82 Å². The van der Waals surface area contributed by atoms with Crippen molar-refractivity contribution in [1.82, 2.24) is 19.7 Å². The van der Waals surface area contributed by atoms with Crippen molar-refractivity contribution in [2.75, 3.05) is 6.54 Å². The lowest BCUT2D eigenvalue weighted by Crippen LogP contribution is -2.35. The van der Waals surface area contributed by atoms with Gasteiger partial charge in [-0.15, -0.1) is 11.3 Å². The van der Waals surface area contributed by atoms with Gasteiger partial charge in [-0.25, -0.2) is 4.68 Å². The first-order valence-corrected chi connectivity index (χ1v) is 9.45. The van der Waals surface area contributed by atoms with Crippen LogP contribution in [0.1, 0.15) is 29.0 Å². The average Bonchev–Trinajstić information content (AvgIpc) is 3.18. The molecule has 1 aromatic carbocycles. The van der Waals surface area contributed by atoms with Gasteiger partial charge < -0.3 is 0 Å². The zero-order valence-corrected chi connectivity index (χ0v) is 15.5. The van der Waals surface area contributed by atoms with Gasteiger partial charge in [0.1, 0.15) is 0 Å². The maximum atomic E-state index is 5.46. The number of hydrogen-bond donors (Lipinski definition) is 1. The first-order valence-electron chi connectivity index (χ1n) is 8.16. The van der Waals surface area contributed by atoms with Gasteiger partial charge in [-0.1, -0.05) is 29.8 Å². The van der Waals surface area contributed by atoms with Crippen molar-refractivity contribution in [3.63, 3.8) is 0 Å². The molecule has 1 aliphatic rings. The first-order chi connectivity index (χ1) is 11.6. The van der Waals surface area contributed by atoms with E-state index in [-0.39, 0.29) is 0 Å². The Hall–Kier alpha value is -1.76. The molecule has 6 heteroatoms. The van der Waals surface area contributed by atoms with Gasteiger partial charge >= 0.3 is 0 Å². The molecular weight excluding hydrogens is 336 g/mol. The van der Waals surface area contributed by atoms with Crippen LogP contribution in [0.4, 0.5) is 0 Å². The minimum Gasteiger partial charge on any atom is -0.278 e. The standard InChI is InChI=1S/C18H20N4S2/c1-12-3-5-14(6-4-12)17-19-18(23)22(20-17)11-21-9-7-16-15(13(21)2)8-10-24-16/h3-6,8,10,13H,7,9,11H2,1-2H3,(H,19,20,23)/t13-/m1/s1. The summed E-state index contributed by atoms with van der Waals surface area (Å²) in [5, 5.41) is 5.56. The van der Waals surface area contributed by atoms with Crippen molar-refractivity contribution in [3.8, 4) is 11.4 Å². The Labute approximate surface area is 150 Å². The number of aromatic nitrogens is 3. The molecule has 0 bridgehead atoms. The Morgan fingerprint density at radius 1 is 1.29 bits per heavy atom. The smallest absolute Gasteiger partial charge is 0.217 e. The molecule has 3 aromatic rings. The molecular formula is C18H20N4S2. The molecule has 1 atom stereocenters. The molecule has 3 heterocycles. The summed E-state index contributed by atoms with van der Waals surface area (Å²) < 4.78 is 2.58. The van der Waals surface area contributed by atoms with Crippen LogP contribution in [0.2, 0.25) is 0 Å². The zero-order chi connectivity index (χ0) is 16.7. The van der Waals surface area contributed by atoms with E-state index in [2.05, 4.69) is 64.5 Å². The van der Waals surface area contributed by atoms with E-state index in [0.29, 0.717) is 10.8 Å². The van der Waals surface area contributed by atoms with Crippen molar-refractivity contribution in [3.05, 3.63) is 56.5 Å². The lowest BCUT2D eigenvalue weighted by Gasteiger charge is -2.33. The predicted molar refractivity (Wildman–Crippen MR) is 101 cm³/mol. The maximum absolute atomic E-state index is 5.46. The predicted octanol–water partition coefficient (Wildman–Crippen LogP) is 4.55. The third kappa shape index (κ3) is 2.85. The van der Waals surface area contributed by atoms with Crippen molar-refractivity contribution >= 4 is 23.6 Å². The zero-order valence-electron chi connectivity index (χ0n) is 13.8. The normalized spacial score (nSPS) is 17.8. The van der Waals surface area contributed by atoms with E-state index < -0.39 is 0 Å². The molecule has 0 unspecified atom stereocenters. The molecule has 2 aromatic heterocycles. The SMILES string of the molecule is Cc1ccc(-c2nc(=S)n(CN3CCc4sccc4[C@H]3C)[nH]2)cc1. The Morgan fingerprint density at radius 3 is 2.88 bits per heavy atom. The van der Waals surface area contributed by atoms with E-state index >= 15 is 0 Å². The quantitative estimate of drug-likeness (QED) is 0.699. The fraction of sp³-hybridized carbons (Fsp3) is 0.333. The average molecular weight is 357 g/mol. The van der Waals surface area contributed by atoms with E-state index in [0.717, 1.165) is 31.0 Å². The molecule has 0 radical (unpaired) electrons. The molecule has 1 N–H and O–H groups in total. The van der Waals surface area contributed by atoms with Crippen LogP contribution < -0.4 is 0 Å². The van der Waals surface area contributed by atoms with Gasteiger partial charge in [0.25, 0.3) is 0 Å². The number of rotatable bonds is 3. The molecule has 0 spiro atoms. The second kappa shape index (κ2) is 6.27. The molecule has 0 saturated heterocycles. The third-order valence-electron chi connectivity index (χ3n) is 4.73. The van der Waals surface area contributed by atoms with E-state index in [1.165, 1.54) is 16.0 Å². The molecule has 4 rings (SSSR count). The van der Waals surface area contributed by atoms with Gasteiger partial charge in [-0.3, -0.25) is 10.00 Å². The molecule has 124 valence electrons. The van der Waals surface area contributed by atoms with Gasteiger partial charge in [0, 0.05) is 23.0 Å². The highest BCUT2D eigenvalue weighted by Crippen LogP contribution is 2.33. The number of nitrogens with one attached hydrogen (secondary N) is 1. The Balaban J connectivity index is 1.58. The topological polar surface area (TPSA) is 36.9 Å². The Kier molecular flexibility index (Phi) is 4.12. The van der Waals surface area contributed by atoms with Gasteiger partial charge in [-0.05, 0) is 49.5 Å². The number of thiophene rings is 1. The van der Waals surface area contributed by atoms with Crippen molar-refractivity contribution in [2.45, 2.75) is 33.0 Å². The fourth-order valence-electron chi connectivity index (χ4n) is 3.23. The van der Waals surface area contributed by atoms with E-state index in [1.54, 1.807) is 0 Å². The number of fused-ring (bicyclic) bond motifs is 1. The molecule has 0 saturated carbocycles. The largest absolute Gasteiger partial charge is 0.278 e. The molecule has 0 fully saturated rings. The van der Waals surface area contributed by atoms with Crippen LogP contribution in [0.15, 0.2) is 35.7 Å². The molecule has 1 aliphatic heterocycles. The summed E-state index contributed by atoms with van der Waals surface area (Å²) in [5.41, 5.74) is 3.76. The minimum atomic E-state index is 0.410. The van der Waals surface area contributed by atoms with Crippen LogP contribution in [-0.2, 0) is 13.1 Å². The number of aryl methyl sites for hydroxylation is 1. The van der Waals surface area contributed by atoms with Crippen molar-refractivity contribution in [2.24, 2.45) is 0 Å². The summed E-state index contributed by atoms with van der Waals surface area (Å²) >= 11 is 7.33. The number of H-pyrrole nitrogens is 1. The van der Waals surface area contributed by atoms with Crippen molar-refractivity contribution in [1.29, 1.82) is 0 Å². The van der Waals surface area contributed by atoms with Crippen LogP contribution in [0.5, 0.6) is 0 Å². The molecule has 24 heavy (non-hydrogen) atoms. The first kappa shape index (κ1) is 15.7. The lowest BCUT2D eigenvalue weighted by atomic mass is 10.0. The summed E-state index contributed by atoms with van der Waals surface area (Å²) in [7, 11) is 0. The highest BCUT2D eigenvalue weighted by atomic mass is 32.1. The third-order valence-corrected chi connectivity index (χ3v) is 6.04. The Bertz CT molecular complexity index is 904. The summed E-state index contributed by atoms with van der Waals surface area (Å²) in [5.74, 6) is 0.834. The van der Waals surface area contributed by atoms with Crippen LogP contribution in [-0.4, -0.2) is 26.2 Å². The van der Waals surface area contributed by atoms with Crippen LogP contribution in [0.25, 0.3) is 11.4 Å². The number of aromatic amines is 1. The molecule has 4 nitrogen and oxygen atoms in total. The highest BCUT2D eigenvalue weighted by Gasteiger charge is 2.25. The highest BCUT2D eigenvalue weighted by molar-refractivity contribution is 7.71. The molecule has 0 amide bonds. The van der Waals surface area contributed by atoms with Crippen LogP contribution >= 0.6 is 23.6 Å². The van der Waals surface area contributed by atoms with E-state index in [1.807, 2.05) is 16.0 Å². The monoisotopic (exact) mass is 356 g/mol. The summed E-state index contributed by atoms with van der Waals surface area (Å²) in [4.78, 5) is 8.50. The number of hydrogen-bond acceptors (Lipinski definition) is 4.